The SMILES string of the molecule is Cc1nc(NCCCO)c2c(-c3ccc(F)cc3)c(C)sc2n1. The minimum Gasteiger partial charge on any atom is -0.396 e. The lowest BCUT2D eigenvalue weighted by Gasteiger charge is -2.09. The van der Waals surface area contributed by atoms with Gasteiger partial charge in [-0.1, -0.05) is 12.1 Å². The molecule has 0 spiro atoms. The second kappa shape index (κ2) is 6.60. The summed E-state index contributed by atoms with van der Waals surface area (Å²) in [5.74, 6) is 1.22. The Balaban J connectivity index is 2.16. The molecule has 0 aliphatic carbocycles. The summed E-state index contributed by atoms with van der Waals surface area (Å²) in [6.07, 6.45) is 0.652. The van der Waals surface area contributed by atoms with Crippen molar-refractivity contribution in [1.82, 2.24) is 9.97 Å². The molecule has 120 valence electrons. The topological polar surface area (TPSA) is 58.0 Å². The van der Waals surface area contributed by atoms with Gasteiger partial charge in [-0.15, -0.1) is 11.3 Å². The van der Waals surface area contributed by atoms with Gasteiger partial charge < -0.3 is 10.4 Å². The lowest BCUT2D eigenvalue weighted by Crippen LogP contribution is -2.06. The van der Waals surface area contributed by atoms with Crippen molar-refractivity contribution < 1.29 is 9.50 Å². The summed E-state index contributed by atoms with van der Waals surface area (Å²) >= 11 is 1.61. The summed E-state index contributed by atoms with van der Waals surface area (Å²) in [6, 6.07) is 6.49. The van der Waals surface area contributed by atoms with E-state index in [-0.39, 0.29) is 12.4 Å². The molecule has 1 aromatic carbocycles. The minimum atomic E-state index is -0.251. The smallest absolute Gasteiger partial charge is 0.139 e. The van der Waals surface area contributed by atoms with E-state index in [9.17, 15) is 4.39 Å². The van der Waals surface area contributed by atoms with Gasteiger partial charge in [0.1, 0.15) is 22.3 Å². The number of fused-ring (bicyclic) bond motifs is 1. The molecule has 4 nitrogen and oxygen atoms in total. The van der Waals surface area contributed by atoms with Crippen molar-refractivity contribution in [3.63, 3.8) is 0 Å². The Kier molecular flexibility index (Phi) is 4.54. The Bertz CT molecular complexity index is 830. The average molecular weight is 331 g/mol. The third kappa shape index (κ3) is 3.18. The van der Waals surface area contributed by atoms with Gasteiger partial charge in [0.15, 0.2) is 0 Å². The highest BCUT2D eigenvalue weighted by Crippen LogP contribution is 2.40. The molecular weight excluding hydrogens is 313 g/mol. The van der Waals surface area contributed by atoms with E-state index >= 15 is 0 Å². The number of benzene rings is 1. The summed E-state index contributed by atoms with van der Waals surface area (Å²) < 4.78 is 13.2. The standard InChI is InChI=1S/C17H18FN3OS/c1-10-14(12-4-6-13(18)7-5-12)15-16(19-8-3-9-22)20-11(2)21-17(15)23-10/h4-7,22H,3,8-9H2,1-2H3,(H,19,20,21). The summed E-state index contributed by atoms with van der Waals surface area (Å²) in [7, 11) is 0. The molecule has 0 aliphatic heterocycles. The molecule has 0 aliphatic rings. The molecule has 2 aromatic heterocycles. The van der Waals surface area contributed by atoms with Crippen molar-refractivity contribution in [1.29, 1.82) is 0 Å². The van der Waals surface area contributed by atoms with Crippen LogP contribution in [0.15, 0.2) is 24.3 Å². The van der Waals surface area contributed by atoms with E-state index < -0.39 is 0 Å². The zero-order valence-electron chi connectivity index (χ0n) is 13.1. The molecule has 0 amide bonds. The van der Waals surface area contributed by atoms with Gasteiger partial charge in [0.25, 0.3) is 0 Å². The van der Waals surface area contributed by atoms with E-state index in [4.69, 9.17) is 5.11 Å². The first kappa shape index (κ1) is 15.8. The normalized spacial score (nSPS) is 11.1. The number of nitrogens with zero attached hydrogens (tertiary/aromatic N) is 2. The predicted octanol–water partition coefficient (Wildman–Crippen LogP) is 3.91. The zero-order chi connectivity index (χ0) is 16.4. The Labute approximate surface area is 138 Å². The van der Waals surface area contributed by atoms with E-state index in [2.05, 4.69) is 15.3 Å². The number of anilines is 1. The summed E-state index contributed by atoms with van der Waals surface area (Å²) in [4.78, 5) is 11.1. The van der Waals surface area contributed by atoms with Gasteiger partial charge in [-0.3, -0.25) is 0 Å². The van der Waals surface area contributed by atoms with Crippen LogP contribution in [0.5, 0.6) is 0 Å². The van der Waals surface area contributed by atoms with Crippen LogP contribution in [0.1, 0.15) is 17.1 Å². The van der Waals surface area contributed by atoms with Crippen molar-refractivity contribution in [2.24, 2.45) is 0 Å². The zero-order valence-corrected chi connectivity index (χ0v) is 13.9. The first-order valence-electron chi connectivity index (χ1n) is 7.48. The molecule has 23 heavy (non-hydrogen) atoms. The fraction of sp³-hybridized carbons (Fsp3) is 0.294. The van der Waals surface area contributed by atoms with Crippen LogP contribution in [-0.2, 0) is 0 Å². The molecule has 0 saturated carbocycles. The Morgan fingerprint density at radius 3 is 2.61 bits per heavy atom. The van der Waals surface area contributed by atoms with Crippen molar-refractivity contribution in [2.45, 2.75) is 20.3 Å². The lowest BCUT2D eigenvalue weighted by molar-refractivity contribution is 0.292. The fourth-order valence-corrected chi connectivity index (χ4v) is 3.69. The molecule has 2 N–H and O–H groups in total. The van der Waals surface area contributed by atoms with Crippen molar-refractivity contribution in [2.75, 3.05) is 18.5 Å². The highest BCUT2D eigenvalue weighted by atomic mass is 32.1. The fourth-order valence-electron chi connectivity index (χ4n) is 2.60. The maximum atomic E-state index is 13.2. The van der Waals surface area contributed by atoms with Gasteiger partial charge in [-0.25, -0.2) is 14.4 Å². The number of aliphatic hydroxyl groups excluding tert-OH is 1. The number of halogens is 1. The summed E-state index contributed by atoms with van der Waals surface area (Å²) in [5.41, 5.74) is 1.99. The number of aryl methyl sites for hydroxylation is 2. The number of rotatable bonds is 5. The van der Waals surface area contributed by atoms with E-state index in [0.29, 0.717) is 18.8 Å². The number of aliphatic hydroxyl groups is 1. The van der Waals surface area contributed by atoms with E-state index in [1.54, 1.807) is 23.5 Å². The molecule has 6 heteroatoms. The highest BCUT2D eigenvalue weighted by Gasteiger charge is 2.17. The van der Waals surface area contributed by atoms with Crippen molar-refractivity contribution >= 4 is 27.4 Å². The quantitative estimate of drug-likeness (QED) is 0.696. The monoisotopic (exact) mass is 331 g/mol. The number of aromatic nitrogens is 2. The van der Waals surface area contributed by atoms with Gasteiger partial charge in [-0.05, 0) is 38.0 Å². The van der Waals surface area contributed by atoms with Crippen LogP contribution in [0.25, 0.3) is 21.3 Å². The van der Waals surface area contributed by atoms with Gasteiger partial charge in [0, 0.05) is 23.6 Å². The Morgan fingerprint density at radius 2 is 1.91 bits per heavy atom. The van der Waals surface area contributed by atoms with Crippen LogP contribution in [0.3, 0.4) is 0 Å². The third-order valence-corrected chi connectivity index (χ3v) is 4.60. The van der Waals surface area contributed by atoms with E-state index in [1.165, 1.54) is 12.1 Å². The van der Waals surface area contributed by atoms with Gasteiger partial charge in [0.2, 0.25) is 0 Å². The molecule has 3 aromatic rings. The van der Waals surface area contributed by atoms with Crippen LogP contribution in [-0.4, -0.2) is 28.2 Å². The second-order valence-corrected chi connectivity index (χ2v) is 6.55. The van der Waals surface area contributed by atoms with Gasteiger partial charge in [0.05, 0.1) is 5.39 Å². The second-order valence-electron chi connectivity index (χ2n) is 5.34. The Morgan fingerprint density at radius 1 is 1.17 bits per heavy atom. The number of hydrogen-bond donors (Lipinski definition) is 2. The van der Waals surface area contributed by atoms with Crippen LogP contribution >= 0.6 is 11.3 Å². The molecule has 0 unspecified atom stereocenters. The van der Waals surface area contributed by atoms with Gasteiger partial charge in [-0.2, -0.15) is 0 Å². The Hall–Kier alpha value is -2.05. The van der Waals surface area contributed by atoms with Gasteiger partial charge >= 0.3 is 0 Å². The molecule has 0 atom stereocenters. The average Bonchev–Trinajstić information content (AvgIpc) is 2.84. The maximum absolute atomic E-state index is 13.2. The summed E-state index contributed by atoms with van der Waals surface area (Å²) in [6.45, 7) is 4.68. The van der Waals surface area contributed by atoms with E-state index in [0.717, 1.165) is 32.0 Å². The molecule has 0 bridgehead atoms. The van der Waals surface area contributed by atoms with Crippen molar-refractivity contribution in [3.05, 3.63) is 40.8 Å². The third-order valence-electron chi connectivity index (χ3n) is 3.60. The molecule has 3 rings (SSSR count). The lowest BCUT2D eigenvalue weighted by atomic mass is 10.0. The highest BCUT2D eigenvalue weighted by molar-refractivity contribution is 7.19. The van der Waals surface area contributed by atoms with Crippen molar-refractivity contribution in [3.8, 4) is 11.1 Å². The number of nitrogens with one attached hydrogen (secondary N) is 1. The predicted molar refractivity (Wildman–Crippen MR) is 92.5 cm³/mol. The molecule has 0 fully saturated rings. The number of thiophene rings is 1. The minimum absolute atomic E-state index is 0.133. The maximum Gasteiger partial charge on any atom is 0.139 e. The van der Waals surface area contributed by atoms with Crippen LogP contribution in [0.2, 0.25) is 0 Å². The largest absolute Gasteiger partial charge is 0.396 e. The molecule has 0 saturated heterocycles. The summed E-state index contributed by atoms with van der Waals surface area (Å²) in [5, 5.41) is 13.2. The molecule has 2 heterocycles. The first-order chi connectivity index (χ1) is 11.1. The number of hydrogen-bond acceptors (Lipinski definition) is 5. The molecular formula is C17H18FN3OS. The van der Waals surface area contributed by atoms with E-state index in [1.807, 2.05) is 13.8 Å². The van der Waals surface area contributed by atoms with Crippen LogP contribution < -0.4 is 5.32 Å². The molecule has 0 radical (unpaired) electrons. The van der Waals surface area contributed by atoms with Crippen LogP contribution in [0, 0.1) is 19.7 Å². The first-order valence-corrected chi connectivity index (χ1v) is 8.30. The van der Waals surface area contributed by atoms with Crippen LogP contribution in [0.4, 0.5) is 10.2 Å².